The molecule has 8 heteroatoms. The van der Waals surface area contributed by atoms with Gasteiger partial charge in [0.15, 0.2) is 5.96 Å². The molecule has 0 spiro atoms. The van der Waals surface area contributed by atoms with E-state index in [1.165, 1.54) is 17.7 Å². The third kappa shape index (κ3) is 5.67. The molecule has 2 N–H and O–H groups in total. The number of aromatic nitrogens is 1. The summed E-state index contributed by atoms with van der Waals surface area (Å²) in [4.78, 5) is 27.1. The largest absolute Gasteiger partial charge is 0.355 e. The highest BCUT2D eigenvalue weighted by Crippen LogP contribution is 2.26. The van der Waals surface area contributed by atoms with Gasteiger partial charge in [-0.1, -0.05) is 12.8 Å². The number of amides is 1. The molecule has 2 aliphatic rings. The van der Waals surface area contributed by atoms with Crippen molar-refractivity contribution in [3.63, 3.8) is 0 Å². The predicted octanol–water partition coefficient (Wildman–Crippen LogP) is 1.76. The second-order valence-electron chi connectivity index (χ2n) is 7.75. The fourth-order valence-electron chi connectivity index (χ4n) is 3.95. The van der Waals surface area contributed by atoms with Crippen molar-refractivity contribution in [1.82, 2.24) is 25.4 Å². The van der Waals surface area contributed by atoms with Crippen LogP contribution < -0.4 is 10.6 Å². The molecule has 1 aliphatic heterocycles. The van der Waals surface area contributed by atoms with Crippen molar-refractivity contribution in [2.75, 3.05) is 46.3 Å². The summed E-state index contributed by atoms with van der Waals surface area (Å²) < 4.78 is 0. The number of nitrogens with zero attached hydrogens (tertiary/aromatic N) is 4. The number of rotatable bonds is 6. The summed E-state index contributed by atoms with van der Waals surface area (Å²) in [5.41, 5.74) is 1.11. The molecule has 0 radical (unpaired) electrons. The van der Waals surface area contributed by atoms with Crippen LogP contribution in [0.3, 0.4) is 0 Å². The van der Waals surface area contributed by atoms with E-state index in [0.717, 1.165) is 68.8 Å². The average molecular weight is 407 g/mol. The van der Waals surface area contributed by atoms with Crippen molar-refractivity contribution in [2.45, 2.75) is 46.1 Å². The molecule has 28 heavy (non-hydrogen) atoms. The van der Waals surface area contributed by atoms with Crippen LogP contribution >= 0.6 is 11.3 Å². The molecule has 3 rings (SSSR count). The monoisotopic (exact) mass is 406 g/mol. The highest BCUT2D eigenvalue weighted by molar-refractivity contribution is 7.11. The number of guanidine groups is 1. The number of carbonyl (C=O) groups excluding carboxylic acids is 1. The van der Waals surface area contributed by atoms with E-state index in [-0.39, 0.29) is 0 Å². The van der Waals surface area contributed by atoms with Gasteiger partial charge in [-0.3, -0.25) is 14.7 Å². The first-order valence-corrected chi connectivity index (χ1v) is 11.3. The number of hydrogen-bond donors (Lipinski definition) is 2. The lowest BCUT2D eigenvalue weighted by Gasteiger charge is -2.36. The first-order valence-electron chi connectivity index (χ1n) is 10.5. The van der Waals surface area contributed by atoms with Crippen LogP contribution in [-0.2, 0) is 11.3 Å². The number of thiazole rings is 1. The second kappa shape index (κ2) is 10.2. The number of nitrogens with one attached hydrogen (secondary N) is 2. The van der Waals surface area contributed by atoms with Crippen LogP contribution in [0.15, 0.2) is 4.99 Å². The van der Waals surface area contributed by atoms with Crippen molar-refractivity contribution < 1.29 is 4.79 Å². The molecule has 1 aromatic heterocycles. The molecule has 7 nitrogen and oxygen atoms in total. The molecule has 0 bridgehead atoms. The Labute approximate surface area is 172 Å². The lowest BCUT2D eigenvalue weighted by atomic mass is 10.1. The molecule has 1 aromatic rings. The number of aliphatic imine (C=N–C) groups is 1. The van der Waals surface area contributed by atoms with E-state index in [0.29, 0.717) is 18.4 Å². The maximum Gasteiger partial charge on any atom is 0.225 e. The highest BCUT2D eigenvalue weighted by Gasteiger charge is 2.29. The quantitative estimate of drug-likeness (QED) is 0.556. The zero-order valence-corrected chi connectivity index (χ0v) is 18.3. The van der Waals surface area contributed by atoms with Gasteiger partial charge in [-0.15, -0.1) is 11.3 Å². The van der Waals surface area contributed by atoms with Crippen LogP contribution in [0.1, 0.15) is 41.3 Å². The van der Waals surface area contributed by atoms with E-state index in [1.807, 2.05) is 6.92 Å². The van der Waals surface area contributed by atoms with Gasteiger partial charge in [0.05, 0.1) is 12.2 Å². The second-order valence-corrected chi connectivity index (χ2v) is 9.04. The van der Waals surface area contributed by atoms with E-state index in [2.05, 4.69) is 37.3 Å². The van der Waals surface area contributed by atoms with Gasteiger partial charge in [0.2, 0.25) is 5.91 Å². The molecular weight excluding hydrogens is 372 g/mol. The Balaban J connectivity index is 1.32. The summed E-state index contributed by atoms with van der Waals surface area (Å²) in [5.74, 6) is 1.50. The molecule has 1 amide bonds. The van der Waals surface area contributed by atoms with Crippen LogP contribution in [0.25, 0.3) is 0 Å². The average Bonchev–Trinajstić information content (AvgIpc) is 3.35. The van der Waals surface area contributed by atoms with Crippen LogP contribution in [0, 0.1) is 19.8 Å². The van der Waals surface area contributed by atoms with Crippen LogP contribution in [0.5, 0.6) is 0 Å². The Bertz CT molecular complexity index is 655. The zero-order valence-electron chi connectivity index (χ0n) is 17.5. The lowest BCUT2D eigenvalue weighted by Crippen LogP contribution is -2.51. The molecule has 1 saturated heterocycles. The van der Waals surface area contributed by atoms with Gasteiger partial charge < -0.3 is 15.5 Å². The molecule has 0 unspecified atom stereocenters. The first kappa shape index (κ1) is 21.0. The van der Waals surface area contributed by atoms with Gasteiger partial charge in [-0.05, 0) is 26.7 Å². The Morgan fingerprint density at radius 2 is 1.89 bits per heavy atom. The van der Waals surface area contributed by atoms with E-state index in [4.69, 9.17) is 0 Å². The zero-order chi connectivity index (χ0) is 19.9. The fraction of sp³-hybridized carbons (Fsp3) is 0.750. The molecule has 0 atom stereocenters. The minimum atomic E-state index is 0.299. The van der Waals surface area contributed by atoms with E-state index < -0.39 is 0 Å². The van der Waals surface area contributed by atoms with E-state index in [1.54, 1.807) is 18.4 Å². The summed E-state index contributed by atoms with van der Waals surface area (Å²) in [5, 5.41) is 7.80. The maximum atomic E-state index is 12.5. The van der Waals surface area contributed by atoms with Gasteiger partial charge in [-0.25, -0.2) is 4.98 Å². The molecule has 156 valence electrons. The smallest absolute Gasteiger partial charge is 0.225 e. The van der Waals surface area contributed by atoms with Gasteiger partial charge in [0.25, 0.3) is 0 Å². The number of piperazine rings is 1. The van der Waals surface area contributed by atoms with Crippen molar-refractivity contribution >= 4 is 23.2 Å². The molecule has 2 heterocycles. The van der Waals surface area contributed by atoms with E-state index in [9.17, 15) is 4.79 Å². The van der Waals surface area contributed by atoms with Gasteiger partial charge in [-0.2, -0.15) is 0 Å². The Kier molecular flexibility index (Phi) is 7.67. The Morgan fingerprint density at radius 1 is 1.18 bits per heavy atom. The topological polar surface area (TPSA) is 72.9 Å². The molecule has 0 aromatic carbocycles. The number of hydrogen-bond acceptors (Lipinski definition) is 5. The van der Waals surface area contributed by atoms with Gasteiger partial charge in [0, 0.05) is 57.1 Å². The van der Waals surface area contributed by atoms with Crippen molar-refractivity contribution in [1.29, 1.82) is 0 Å². The number of carbonyl (C=O) groups is 1. The summed E-state index contributed by atoms with van der Waals surface area (Å²) in [6, 6.07) is 0. The fourth-order valence-corrected chi connectivity index (χ4v) is 4.82. The van der Waals surface area contributed by atoms with Crippen molar-refractivity contribution in [3.8, 4) is 0 Å². The predicted molar refractivity (Wildman–Crippen MR) is 115 cm³/mol. The molecule has 2 fully saturated rings. The molecule has 1 saturated carbocycles. The normalized spacial score (nSPS) is 19.2. The van der Waals surface area contributed by atoms with Crippen LogP contribution in [-0.4, -0.2) is 73.0 Å². The SMILES string of the molecule is CN=C(NCCN1CCN(C(=O)C2CCCC2)CC1)NCc1nc(C)c(C)s1. The van der Waals surface area contributed by atoms with Crippen LogP contribution in [0.4, 0.5) is 0 Å². The number of aryl methyl sites for hydroxylation is 2. The first-order chi connectivity index (χ1) is 13.6. The van der Waals surface area contributed by atoms with Gasteiger partial charge in [0.1, 0.15) is 5.01 Å². The lowest BCUT2D eigenvalue weighted by molar-refractivity contribution is -0.137. The summed E-state index contributed by atoms with van der Waals surface area (Å²) in [6.45, 7) is 10.3. The van der Waals surface area contributed by atoms with Crippen LogP contribution in [0.2, 0.25) is 0 Å². The minimum Gasteiger partial charge on any atom is -0.355 e. The Hall–Kier alpha value is -1.67. The standard InChI is InChI=1S/C20H34N6OS/c1-15-16(2)28-18(24-15)14-23-20(21-3)22-8-9-25-10-12-26(13-11-25)19(27)17-6-4-5-7-17/h17H,4-14H2,1-3H3,(H2,21,22,23). The van der Waals surface area contributed by atoms with E-state index >= 15 is 0 Å². The van der Waals surface area contributed by atoms with Crippen molar-refractivity contribution in [2.24, 2.45) is 10.9 Å². The maximum absolute atomic E-state index is 12.5. The third-order valence-corrected chi connectivity index (χ3v) is 6.89. The summed E-state index contributed by atoms with van der Waals surface area (Å²) >= 11 is 1.73. The van der Waals surface area contributed by atoms with Crippen molar-refractivity contribution in [3.05, 3.63) is 15.6 Å². The third-order valence-electron chi connectivity index (χ3n) is 5.81. The van der Waals surface area contributed by atoms with Gasteiger partial charge >= 0.3 is 0 Å². The molecular formula is C20H34N6OS. The summed E-state index contributed by atoms with van der Waals surface area (Å²) in [7, 11) is 1.79. The highest BCUT2D eigenvalue weighted by atomic mass is 32.1. The molecule has 1 aliphatic carbocycles. The Morgan fingerprint density at radius 3 is 2.50 bits per heavy atom. The summed E-state index contributed by atoms with van der Waals surface area (Å²) in [6.07, 6.45) is 4.63. The minimum absolute atomic E-state index is 0.299.